The van der Waals surface area contributed by atoms with Gasteiger partial charge in [0.2, 0.25) is 0 Å². The number of carboxylic acids is 1. The maximum absolute atomic E-state index is 10.9. The van der Waals surface area contributed by atoms with E-state index < -0.39 is 5.97 Å². The Kier molecular flexibility index (Phi) is 4.74. The molecule has 2 aromatic rings. The van der Waals surface area contributed by atoms with Crippen molar-refractivity contribution in [1.82, 2.24) is 5.32 Å². The molecule has 0 aliphatic rings. The predicted molar refractivity (Wildman–Crippen MR) is 80.3 cm³/mol. The Morgan fingerprint density at radius 3 is 2.58 bits per heavy atom. The number of hydrogen-bond acceptors (Lipinski definition) is 4. The lowest BCUT2D eigenvalue weighted by atomic mass is 10.2. The van der Waals surface area contributed by atoms with Crippen LogP contribution in [0.3, 0.4) is 0 Å². The fourth-order valence-electron chi connectivity index (χ4n) is 1.83. The van der Waals surface area contributed by atoms with Gasteiger partial charge in [0.15, 0.2) is 0 Å². The van der Waals surface area contributed by atoms with E-state index in [1.807, 2.05) is 18.3 Å². The van der Waals surface area contributed by atoms with E-state index in [-0.39, 0.29) is 0 Å². The summed E-state index contributed by atoms with van der Waals surface area (Å²) in [7, 11) is 0. The fourth-order valence-corrected chi connectivity index (χ4v) is 3.64. The van der Waals surface area contributed by atoms with Gasteiger partial charge in [-0.2, -0.15) is 0 Å². The number of carboxylic acid groups (broad SMARTS) is 1. The van der Waals surface area contributed by atoms with Gasteiger partial charge in [0.25, 0.3) is 0 Å². The van der Waals surface area contributed by atoms with Crippen molar-refractivity contribution in [2.45, 2.75) is 33.4 Å². The monoisotopic (exact) mass is 295 g/mol. The van der Waals surface area contributed by atoms with Gasteiger partial charge < -0.3 is 10.4 Å². The Labute approximate surface area is 120 Å². The predicted octanol–water partition coefficient (Wildman–Crippen LogP) is 3.67. The van der Waals surface area contributed by atoms with Crippen LogP contribution < -0.4 is 5.32 Å². The third-order valence-corrected chi connectivity index (χ3v) is 5.22. The number of carbonyl (C=O) groups is 1. The Bertz CT molecular complexity index is 572. The van der Waals surface area contributed by atoms with Crippen LogP contribution in [0.15, 0.2) is 18.2 Å². The molecule has 2 rings (SSSR count). The summed E-state index contributed by atoms with van der Waals surface area (Å²) in [5.41, 5.74) is 1.08. The Balaban J connectivity index is 1.90. The molecule has 3 nitrogen and oxygen atoms in total. The number of aromatic carboxylic acids is 1. The summed E-state index contributed by atoms with van der Waals surface area (Å²) in [6, 6.07) is 6.08. The number of aryl methyl sites for hydroxylation is 2. The van der Waals surface area contributed by atoms with Crippen LogP contribution in [-0.2, 0) is 19.5 Å². The van der Waals surface area contributed by atoms with Crippen LogP contribution in [0.4, 0.5) is 0 Å². The lowest BCUT2D eigenvalue weighted by Gasteiger charge is -2.02. The van der Waals surface area contributed by atoms with E-state index in [0.717, 1.165) is 30.0 Å². The van der Waals surface area contributed by atoms with Crippen molar-refractivity contribution in [1.29, 1.82) is 0 Å². The highest BCUT2D eigenvalue weighted by atomic mass is 32.1. The first-order valence-electron chi connectivity index (χ1n) is 6.21. The summed E-state index contributed by atoms with van der Waals surface area (Å²) in [6.07, 6.45) is 1.08. The maximum atomic E-state index is 10.9. The molecule has 0 unspecified atom stereocenters. The molecule has 0 saturated carbocycles. The van der Waals surface area contributed by atoms with E-state index in [1.165, 1.54) is 21.1 Å². The molecule has 102 valence electrons. The molecular weight excluding hydrogens is 278 g/mol. The molecule has 2 aromatic heterocycles. The van der Waals surface area contributed by atoms with E-state index >= 15 is 0 Å². The minimum atomic E-state index is -0.842. The standard InChI is InChI=1S/C14H17NO2S2/c1-3-11-4-5-12(19-11)8-15-7-10-6-13(14(16)17)18-9(10)2/h4-6,15H,3,7-8H2,1-2H3,(H,16,17). The molecule has 2 N–H and O–H groups in total. The van der Waals surface area contributed by atoms with Crippen LogP contribution in [0, 0.1) is 6.92 Å². The molecule has 0 radical (unpaired) electrons. The third kappa shape index (κ3) is 3.65. The number of nitrogens with one attached hydrogen (secondary N) is 1. The first-order valence-corrected chi connectivity index (χ1v) is 7.84. The highest BCUT2D eigenvalue weighted by Gasteiger charge is 2.10. The van der Waals surface area contributed by atoms with Crippen LogP contribution >= 0.6 is 22.7 Å². The first-order chi connectivity index (χ1) is 9.10. The van der Waals surface area contributed by atoms with Gasteiger partial charge in [-0.05, 0) is 37.1 Å². The second-order valence-electron chi connectivity index (χ2n) is 4.32. The van der Waals surface area contributed by atoms with Crippen molar-refractivity contribution in [3.8, 4) is 0 Å². The Morgan fingerprint density at radius 2 is 2.00 bits per heavy atom. The summed E-state index contributed by atoms with van der Waals surface area (Å²) in [6.45, 7) is 5.68. The molecule has 0 spiro atoms. The summed E-state index contributed by atoms with van der Waals surface area (Å²) in [5, 5.41) is 12.3. The summed E-state index contributed by atoms with van der Waals surface area (Å²) in [4.78, 5) is 15.1. The quantitative estimate of drug-likeness (QED) is 0.855. The minimum absolute atomic E-state index is 0.415. The number of thiophene rings is 2. The largest absolute Gasteiger partial charge is 0.477 e. The average molecular weight is 295 g/mol. The number of hydrogen-bond donors (Lipinski definition) is 2. The van der Waals surface area contributed by atoms with Gasteiger partial charge in [0, 0.05) is 27.7 Å². The van der Waals surface area contributed by atoms with Crippen molar-refractivity contribution < 1.29 is 9.90 Å². The lowest BCUT2D eigenvalue weighted by Crippen LogP contribution is -2.11. The van der Waals surface area contributed by atoms with Gasteiger partial charge in [-0.25, -0.2) is 4.79 Å². The van der Waals surface area contributed by atoms with Crippen LogP contribution in [0.25, 0.3) is 0 Å². The van der Waals surface area contributed by atoms with Crippen LogP contribution in [0.1, 0.15) is 36.8 Å². The molecule has 5 heteroatoms. The Morgan fingerprint density at radius 1 is 1.26 bits per heavy atom. The Hall–Kier alpha value is -1.17. The summed E-state index contributed by atoms with van der Waals surface area (Å²) < 4.78 is 0. The van der Waals surface area contributed by atoms with Crippen LogP contribution in [-0.4, -0.2) is 11.1 Å². The van der Waals surface area contributed by atoms with E-state index in [9.17, 15) is 4.79 Å². The molecule has 0 atom stereocenters. The molecular formula is C14H17NO2S2. The molecule has 0 saturated heterocycles. The normalized spacial score (nSPS) is 10.8. The molecule has 0 amide bonds. The zero-order valence-corrected chi connectivity index (χ0v) is 12.7. The van der Waals surface area contributed by atoms with Gasteiger partial charge >= 0.3 is 5.97 Å². The molecule has 0 aromatic carbocycles. The van der Waals surface area contributed by atoms with Gasteiger partial charge in [0.1, 0.15) is 4.88 Å². The molecule has 19 heavy (non-hydrogen) atoms. The summed E-state index contributed by atoms with van der Waals surface area (Å²) in [5.74, 6) is -0.842. The molecule has 0 aliphatic heterocycles. The average Bonchev–Trinajstić information content (AvgIpc) is 2.97. The van der Waals surface area contributed by atoms with Crippen molar-refractivity contribution >= 4 is 28.6 Å². The molecule has 0 bridgehead atoms. The van der Waals surface area contributed by atoms with E-state index in [0.29, 0.717) is 4.88 Å². The van der Waals surface area contributed by atoms with Crippen molar-refractivity contribution in [3.63, 3.8) is 0 Å². The van der Waals surface area contributed by atoms with E-state index in [4.69, 9.17) is 5.11 Å². The molecule has 0 aliphatic carbocycles. The van der Waals surface area contributed by atoms with Crippen LogP contribution in [0.5, 0.6) is 0 Å². The van der Waals surface area contributed by atoms with Gasteiger partial charge in [-0.15, -0.1) is 22.7 Å². The van der Waals surface area contributed by atoms with Crippen LogP contribution in [0.2, 0.25) is 0 Å². The topological polar surface area (TPSA) is 49.3 Å². The van der Waals surface area contributed by atoms with Crippen molar-refractivity contribution in [2.75, 3.05) is 0 Å². The van der Waals surface area contributed by atoms with Gasteiger partial charge in [0.05, 0.1) is 0 Å². The number of rotatable bonds is 6. The highest BCUT2D eigenvalue weighted by molar-refractivity contribution is 7.14. The second kappa shape index (κ2) is 6.32. The third-order valence-electron chi connectivity index (χ3n) is 2.91. The van der Waals surface area contributed by atoms with Crippen molar-refractivity contribution in [3.05, 3.63) is 43.3 Å². The first kappa shape index (κ1) is 14.2. The SMILES string of the molecule is CCc1ccc(CNCc2cc(C(=O)O)sc2C)s1. The summed E-state index contributed by atoms with van der Waals surface area (Å²) >= 11 is 3.17. The zero-order valence-electron chi connectivity index (χ0n) is 11.0. The van der Waals surface area contributed by atoms with E-state index in [2.05, 4.69) is 24.4 Å². The molecule has 0 fully saturated rings. The lowest BCUT2D eigenvalue weighted by molar-refractivity contribution is 0.0702. The fraction of sp³-hybridized carbons (Fsp3) is 0.357. The highest BCUT2D eigenvalue weighted by Crippen LogP contribution is 2.22. The second-order valence-corrected chi connectivity index (χ2v) is 6.83. The minimum Gasteiger partial charge on any atom is -0.477 e. The maximum Gasteiger partial charge on any atom is 0.345 e. The van der Waals surface area contributed by atoms with Gasteiger partial charge in [-0.3, -0.25) is 0 Å². The van der Waals surface area contributed by atoms with E-state index in [1.54, 1.807) is 6.07 Å². The van der Waals surface area contributed by atoms with Gasteiger partial charge in [-0.1, -0.05) is 6.92 Å². The molecule has 2 heterocycles. The van der Waals surface area contributed by atoms with Crippen molar-refractivity contribution in [2.24, 2.45) is 0 Å². The smallest absolute Gasteiger partial charge is 0.345 e. The zero-order chi connectivity index (χ0) is 13.8.